The minimum absolute atomic E-state index is 0.147. The topological polar surface area (TPSA) is 82.1 Å². The zero-order valence-corrected chi connectivity index (χ0v) is 13.8. The Morgan fingerprint density at radius 3 is 2.71 bits per heavy atom. The molecule has 0 bridgehead atoms. The lowest BCUT2D eigenvalue weighted by molar-refractivity contribution is 0.00815. The predicted octanol–water partition coefficient (Wildman–Crippen LogP) is 2.19. The lowest BCUT2D eigenvalue weighted by Gasteiger charge is -2.25. The van der Waals surface area contributed by atoms with Crippen molar-refractivity contribution in [3.05, 3.63) is 9.75 Å². The van der Waals surface area contributed by atoms with Crippen molar-refractivity contribution in [3.63, 3.8) is 0 Å². The first-order valence-electron chi connectivity index (χ1n) is 6.79. The summed E-state index contributed by atoms with van der Waals surface area (Å²) in [5.41, 5.74) is 0. The van der Waals surface area contributed by atoms with Gasteiger partial charge in [-0.2, -0.15) is 8.42 Å². The van der Waals surface area contributed by atoms with Gasteiger partial charge in [-0.3, -0.25) is 4.55 Å². The number of thiophene rings is 1. The van der Waals surface area contributed by atoms with Crippen LogP contribution in [0.15, 0.2) is 0 Å². The van der Waals surface area contributed by atoms with E-state index in [1.54, 1.807) is 11.3 Å². The van der Waals surface area contributed by atoms with Gasteiger partial charge in [-0.15, -0.1) is 11.3 Å². The summed E-state index contributed by atoms with van der Waals surface area (Å²) < 4.78 is 46.7. The molecule has 0 spiro atoms. The second-order valence-corrected chi connectivity index (χ2v) is 7.99. The zero-order valence-electron chi connectivity index (χ0n) is 12.1. The van der Waals surface area contributed by atoms with E-state index in [-0.39, 0.29) is 11.9 Å². The Bertz CT molecular complexity index is 578. The highest BCUT2D eigenvalue weighted by Gasteiger charge is 2.26. The average molecular weight is 336 g/mol. The summed E-state index contributed by atoms with van der Waals surface area (Å²) in [5.74, 6) is 1.42. The summed E-state index contributed by atoms with van der Waals surface area (Å²) in [6, 6.07) is 0. The third kappa shape index (κ3) is 4.84. The molecule has 0 amide bonds. The van der Waals surface area contributed by atoms with Crippen molar-refractivity contribution in [1.29, 1.82) is 0 Å². The monoisotopic (exact) mass is 336 g/mol. The Balaban J connectivity index is 1.68. The Morgan fingerprint density at radius 2 is 2.00 bits per heavy atom. The average Bonchev–Trinajstić information content (AvgIpc) is 2.68. The highest BCUT2D eigenvalue weighted by Crippen LogP contribution is 2.43. The molecule has 0 fully saturated rings. The van der Waals surface area contributed by atoms with Crippen molar-refractivity contribution in [1.82, 2.24) is 0 Å². The molecule has 120 valence electrons. The molecule has 0 aromatic carbocycles. The van der Waals surface area contributed by atoms with Crippen LogP contribution in [0.3, 0.4) is 0 Å². The molecule has 0 radical (unpaired) electrons. The van der Waals surface area contributed by atoms with E-state index in [0.717, 1.165) is 21.3 Å². The highest BCUT2D eigenvalue weighted by atomic mass is 32.2. The summed E-state index contributed by atoms with van der Waals surface area (Å²) in [4.78, 5) is 2.22. The van der Waals surface area contributed by atoms with Gasteiger partial charge in [0.1, 0.15) is 6.61 Å². The predicted molar refractivity (Wildman–Crippen MR) is 80.2 cm³/mol. The Labute approximate surface area is 128 Å². The maximum absolute atomic E-state index is 10.5. The fourth-order valence-corrected chi connectivity index (χ4v) is 3.61. The summed E-state index contributed by atoms with van der Waals surface area (Å²) in [7, 11) is -3.87. The Kier molecular flexibility index (Phi) is 5.48. The molecule has 6 nitrogen and oxygen atoms in total. The van der Waals surface area contributed by atoms with Crippen LogP contribution in [-0.2, 0) is 14.9 Å². The molecule has 0 aliphatic carbocycles. The normalized spacial score (nSPS) is 18.0. The van der Waals surface area contributed by atoms with Gasteiger partial charge in [0.05, 0.1) is 12.4 Å². The van der Waals surface area contributed by atoms with Gasteiger partial charge >= 0.3 is 0 Å². The van der Waals surface area contributed by atoms with Gasteiger partial charge in [0, 0.05) is 16.4 Å². The molecule has 1 aliphatic rings. The summed E-state index contributed by atoms with van der Waals surface area (Å²) in [5, 5.41) is 0. The fourth-order valence-electron chi connectivity index (χ4n) is 2.11. The van der Waals surface area contributed by atoms with Crippen molar-refractivity contribution in [3.8, 4) is 11.5 Å². The third-order valence-corrected chi connectivity index (χ3v) is 4.88. The second-order valence-electron chi connectivity index (χ2n) is 4.99. The van der Waals surface area contributed by atoms with Gasteiger partial charge in [-0.1, -0.05) is 0 Å². The van der Waals surface area contributed by atoms with Gasteiger partial charge in [-0.25, -0.2) is 0 Å². The number of unbranched alkanes of at least 4 members (excludes halogenated alkanes) is 1. The molecule has 21 heavy (non-hydrogen) atoms. The van der Waals surface area contributed by atoms with Gasteiger partial charge < -0.3 is 14.2 Å². The first-order chi connectivity index (χ1) is 9.87. The summed E-state index contributed by atoms with van der Waals surface area (Å²) in [6.07, 6.45) is 0.815. The van der Waals surface area contributed by atoms with Crippen LogP contribution >= 0.6 is 11.3 Å². The number of rotatable bonds is 7. The first kappa shape index (κ1) is 16.5. The van der Waals surface area contributed by atoms with Crippen molar-refractivity contribution in [2.24, 2.45) is 0 Å². The number of hydrogen-bond acceptors (Lipinski definition) is 6. The minimum atomic E-state index is -3.87. The van der Waals surface area contributed by atoms with Crippen LogP contribution in [0.25, 0.3) is 0 Å². The lowest BCUT2D eigenvalue weighted by atomic mass is 10.3. The van der Waals surface area contributed by atoms with Crippen molar-refractivity contribution in [2.45, 2.75) is 32.8 Å². The standard InChI is InChI=1S/C13H20O6S2/c1-9-12-13(10(2)20-9)19-11(8-18-12)7-17-5-3-4-6-21(14,15)16/h11H,3-8H2,1-2H3,(H,14,15,16). The molecule has 1 N–H and O–H groups in total. The van der Waals surface area contributed by atoms with Crippen LogP contribution in [-0.4, -0.2) is 44.6 Å². The molecule has 1 aromatic heterocycles. The fraction of sp³-hybridized carbons (Fsp3) is 0.692. The van der Waals surface area contributed by atoms with E-state index < -0.39 is 10.1 Å². The molecule has 1 aliphatic heterocycles. The minimum Gasteiger partial charge on any atom is -0.485 e. The van der Waals surface area contributed by atoms with E-state index in [9.17, 15) is 8.42 Å². The maximum atomic E-state index is 10.5. The molecule has 0 saturated carbocycles. The van der Waals surface area contributed by atoms with Crippen molar-refractivity contribution in [2.75, 3.05) is 25.6 Å². The SMILES string of the molecule is Cc1sc(C)c2c1OCC(COCCCCS(=O)(=O)O)O2. The van der Waals surface area contributed by atoms with Crippen LogP contribution in [0.1, 0.15) is 22.6 Å². The summed E-state index contributed by atoms with van der Waals surface area (Å²) in [6.45, 7) is 5.29. The van der Waals surface area contributed by atoms with Crippen LogP contribution in [0.4, 0.5) is 0 Å². The van der Waals surface area contributed by atoms with Gasteiger partial charge in [0.15, 0.2) is 17.6 Å². The molecule has 0 saturated heterocycles. The van der Waals surface area contributed by atoms with E-state index in [1.165, 1.54) is 0 Å². The molecule has 8 heteroatoms. The number of hydrogen-bond donors (Lipinski definition) is 1. The molecule has 2 rings (SSSR count). The number of fused-ring (bicyclic) bond motifs is 1. The quantitative estimate of drug-likeness (QED) is 0.607. The number of aryl methyl sites for hydroxylation is 2. The zero-order chi connectivity index (χ0) is 15.5. The highest BCUT2D eigenvalue weighted by molar-refractivity contribution is 7.85. The van der Waals surface area contributed by atoms with E-state index >= 15 is 0 Å². The Hall–Kier alpha value is -0.830. The van der Waals surface area contributed by atoms with Gasteiger partial charge in [-0.05, 0) is 26.7 Å². The molecular weight excluding hydrogens is 316 g/mol. The molecule has 1 atom stereocenters. The van der Waals surface area contributed by atoms with Crippen LogP contribution in [0.5, 0.6) is 11.5 Å². The largest absolute Gasteiger partial charge is 0.485 e. The van der Waals surface area contributed by atoms with E-state index in [0.29, 0.717) is 32.7 Å². The van der Waals surface area contributed by atoms with E-state index in [1.807, 2.05) is 13.8 Å². The van der Waals surface area contributed by atoms with Crippen LogP contribution in [0.2, 0.25) is 0 Å². The van der Waals surface area contributed by atoms with Crippen molar-refractivity contribution < 1.29 is 27.2 Å². The maximum Gasteiger partial charge on any atom is 0.264 e. The smallest absolute Gasteiger partial charge is 0.264 e. The molecule has 2 heterocycles. The van der Waals surface area contributed by atoms with E-state index in [4.69, 9.17) is 18.8 Å². The third-order valence-electron chi connectivity index (χ3n) is 3.09. The Morgan fingerprint density at radius 1 is 1.29 bits per heavy atom. The first-order valence-corrected chi connectivity index (χ1v) is 9.21. The van der Waals surface area contributed by atoms with Crippen LogP contribution < -0.4 is 9.47 Å². The summed E-state index contributed by atoms with van der Waals surface area (Å²) >= 11 is 1.65. The molecule has 1 unspecified atom stereocenters. The molecule has 1 aromatic rings. The van der Waals surface area contributed by atoms with Crippen LogP contribution in [0, 0.1) is 13.8 Å². The van der Waals surface area contributed by atoms with Gasteiger partial charge in [0.2, 0.25) is 0 Å². The molecular formula is C13H20O6S2. The number of ether oxygens (including phenoxy) is 3. The van der Waals surface area contributed by atoms with E-state index in [2.05, 4.69) is 0 Å². The second kappa shape index (κ2) is 6.95. The van der Waals surface area contributed by atoms with Crippen molar-refractivity contribution >= 4 is 21.5 Å². The lowest BCUT2D eigenvalue weighted by Crippen LogP contribution is -2.33. The van der Waals surface area contributed by atoms with Gasteiger partial charge in [0.25, 0.3) is 10.1 Å².